The van der Waals surface area contributed by atoms with E-state index < -0.39 is 0 Å². The molecule has 4 aromatic heterocycles. The van der Waals surface area contributed by atoms with Gasteiger partial charge in [0.1, 0.15) is 22.3 Å². The highest BCUT2D eigenvalue weighted by Gasteiger charge is 2.19. The van der Waals surface area contributed by atoms with Gasteiger partial charge in [-0.15, -0.1) is 0 Å². The number of hydrogen-bond donors (Lipinski definition) is 0. The van der Waals surface area contributed by atoms with Crippen LogP contribution in [0.1, 0.15) is 0 Å². The smallest absolute Gasteiger partial charge is 0.164 e. The SMILES string of the molecule is c1ccc(-c2nc(-c3cccc(-c4cccc(-n5c6ccccc6c6cc7oc8ccccc8c7cc65)c4)c3)nc(-c3cccc4oc5ccccc5c34)n2)cc1. The lowest BCUT2D eigenvalue weighted by atomic mass is 10.0. The van der Waals surface area contributed by atoms with Crippen molar-refractivity contribution in [2.45, 2.75) is 0 Å². The molecule has 0 atom stereocenters. The maximum absolute atomic E-state index is 6.32. The molecule has 0 amide bonds. The maximum atomic E-state index is 6.32. The Bertz CT molecular complexity index is 3540. The molecule has 0 fully saturated rings. The number of aromatic nitrogens is 4. The molecular weight excluding hydrogens is 701 g/mol. The summed E-state index contributed by atoms with van der Waals surface area (Å²) in [6, 6.07) is 62.8. The molecule has 0 N–H and O–H groups in total. The van der Waals surface area contributed by atoms with Crippen LogP contribution in [0.3, 0.4) is 0 Å². The molecule has 0 unspecified atom stereocenters. The van der Waals surface area contributed by atoms with Gasteiger partial charge in [0, 0.05) is 54.7 Å². The van der Waals surface area contributed by atoms with E-state index in [0.29, 0.717) is 17.5 Å². The van der Waals surface area contributed by atoms with Crippen molar-refractivity contribution in [2.75, 3.05) is 0 Å². The summed E-state index contributed by atoms with van der Waals surface area (Å²) in [7, 11) is 0. The Labute approximate surface area is 325 Å². The Morgan fingerprint density at radius 3 is 1.79 bits per heavy atom. The van der Waals surface area contributed by atoms with E-state index in [-0.39, 0.29) is 0 Å². The second kappa shape index (κ2) is 12.3. The molecule has 0 aliphatic heterocycles. The summed E-state index contributed by atoms with van der Waals surface area (Å²) in [5.41, 5.74) is 11.6. The van der Waals surface area contributed by atoms with Crippen LogP contribution in [0.25, 0.3) is 117 Å². The molecular formula is C51H30N4O2. The Hall–Kier alpha value is -7.83. The van der Waals surface area contributed by atoms with Crippen molar-refractivity contribution in [1.29, 1.82) is 0 Å². The van der Waals surface area contributed by atoms with Crippen molar-refractivity contribution in [1.82, 2.24) is 19.5 Å². The Morgan fingerprint density at radius 2 is 0.930 bits per heavy atom. The Balaban J connectivity index is 1.01. The van der Waals surface area contributed by atoms with Crippen LogP contribution in [0.5, 0.6) is 0 Å². The van der Waals surface area contributed by atoms with Crippen molar-refractivity contribution in [3.63, 3.8) is 0 Å². The summed E-state index contributed by atoms with van der Waals surface area (Å²) in [4.78, 5) is 15.3. The van der Waals surface area contributed by atoms with Crippen LogP contribution in [0.4, 0.5) is 0 Å². The molecule has 0 aliphatic rings. The number of benzene rings is 8. The monoisotopic (exact) mass is 730 g/mol. The lowest BCUT2D eigenvalue weighted by Crippen LogP contribution is -2.00. The molecule has 57 heavy (non-hydrogen) atoms. The summed E-state index contributed by atoms with van der Waals surface area (Å²) in [6.07, 6.45) is 0. The fraction of sp³-hybridized carbons (Fsp3) is 0. The lowest BCUT2D eigenvalue weighted by Gasteiger charge is -2.12. The number of rotatable bonds is 5. The third kappa shape index (κ3) is 5.01. The van der Waals surface area contributed by atoms with Gasteiger partial charge in [-0.25, -0.2) is 15.0 Å². The molecule has 0 saturated heterocycles. The van der Waals surface area contributed by atoms with Gasteiger partial charge in [-0.3, -0.25) is 0 Å². The minimum absolute atomic E-state index is 0.592. The van der Waals surface area contributed by atoms with E-state index >= 15 is 0 Å². The predicted molar refractivity (Wildman–Crippen MR) is 230 cm³/mol. The van der Waals surface area contributed by atoms with E-state index in [1.165, 1.54) is 5.39 Å². The maximum Gasteiger partial charge on any atom is 0.164 e. The van der Waals surface area contributed by atoms with E-state index in [9.17, 15) is 0 Å². The average molecular weight is 731 g/mol. The number of para-hydroxylation sites is 3. The number of furan rings is 2. The summed E-state index contributed by atoms with van der Waals surface area (Å²) in [5, 5.41) is 6.57. The molecule has 0 radical (unpaired) electrons. The van der Waals surface area contributed by atoms with Gasteiger partial charge in [0.2, 0.25) is 0 Å². The predicted octanol–water partition coefficient (Wildman–Crippen LogP) is 13.4. The first-order valence-electron chi connectivity index (χ1n) is 19.0. The van der Waals surface area contributed by atoms with Crippen LogP contribution < -0.4 is 0 Å². The van der Waals surface area contributed by atoms with Crippen LogP contribution in [0, 0.1) is 0 Å². The van der Waals surface area contributed by atoms with Crippen LogP contribution in [0.2, 0.25) is 0 Å². The Morgan fingerprint density at radius 1 is 0.333 bits per heavy atom. The summed E-state index contributed by atoms with van der Waals surface area (Å²) >= 11 is 0. The number of fused-ring (bicyclic) bond motifs is 9. The molecule has 6 nitrogen and oxygen atoms in total. The molecule has 8 aromatic carbocycles. The normalized spacial score (nSPS) is 11.9. The van der Waals surface area contributed by atoms with Crippen LogP contribution >= 0.6 is 0 Å². The first kappa shape index (κ1) is 31.5. The molecule has 0 aliphatic carbocycles. The highest BCUT2D eigenvalue weighted by atomic mass is 16.3. The molecule has 0 saturated carbocycles. The fourth-order valence-electron chi connectivity index (χ4n) is 8.43. The average Bonchev–Trinajstić information content (AvgIpc) is 3.95. The third-order valence-electron chi connectivity index (χ3n) is 11.0. The van der Waals surface area contributed by atoms with Crippen molar-refractivity contribution in [3.8, 4) is 51.0 Å². The zero-order chi connectivity index (χ0) is 37.5. The first-order valence-corrected chi connectivity index (χ1v) is 19.0. The van der Waals surface area contributed by atoms with Crippen molar-refractivity contribution in [3.05, 3.63) is 182 Å². The molecule has 12 aromatic rings. The lowest BCUT2D eigenvalue weighted by molar-refractivity contribution is 0.669. The third-order valence-corrected chi connectivity index (χ3v) is 11.0. The molecule has 6 heteroatoms. The highest BCUT2D eigenvalue weighted by Crippen LogP contribution is 2.40. The summed E-state index contributed by atoms with van der Waals surface area (Å²) < 4.78 is 14.9. The van der Waals surface area contributed by atoms with Gasteiger partial charge in [0.05, 0.1) is 11.0 Å². The van der Waals surface area contributed by atoms with E-state index in [1.54, 1.807) is 0 Å². The topological polar surface area (TPSA) is 69.9 Å². The minimum atomic E-state index is 0.592. The highest BCUT2D eigenvalue weighted by molar-refractivity contribution is 6.17. The molecule has 0 bridgehead atoms. The second-order valence-corrected chi connectivity index (χ2v) is 14.4. The van der Waals surface area contributed by atoms with Crippen LogP contribution in [-0.2, 0) is 0 Å². The van der Waals surface area contributed by atoms with Gasteiger partial charge in [-0.1, -0.05) is 127 Å². The zero-order valence-corrected chi connectivity index (χ0v) is 30.4. The van der Waals surface area contributed by atoms with Gasteiger partial charge < -0.3 is 13.4 Å². The summed E-state index contributed by atoms with van der Waals surface area (Å²) in [5.74, 6) is 1.80. The zero-order valence-electron chi connectivity index (χ0n) is 30.4. The molecule has 266 valence electrons. The first-order chi connectivity index (χ1) is 28.2. The fourth-order valence-corrected chi connectivity index (χ4v) is 8.43. The van der Waals surface area contributed by atoms with Crippen molar-refractivity contribution < 1.29 is 8.83 Å². The Kier molecular flexibility index (Phi) is 6.83. The van der Waals surface area contributed by atoms with Crippen LogP contribution in [0.15, 0.2) is 191 Å². The number of nitrogens with zero attached hydrogens (tertiary/aromatic N) is 4. The largest absolute Gasteiger partial charge is 0.456 e. The van der Waals surface area contributed by atoms with Gasteiger partial charge in [0.25, 0.3) is 0 Å². The van der Waals surface area contributed by atoms with E-state index in [1.807, 2.05) is 72.8 Å². The van der Waals surface area contributed by atoms with Gasteiger partial charge in [0.15, 0.2) is 17.5 Å². The minimum Gasteiger partial charge on any atom is -0.456 e. The van der Waals surface area contributed by atoms with Crippen molar-refractivity contribution >= 4 is 65.7 Å². The molecule has 12 rings (SSSR count). The van der Waals surface area contributed by atoms with Gasteiger partial charge in [-0.05, 0) is 65.7 Å². The van der Waals surface area contributed by atoms with Gasteiger partial charge in [-0.2, -0.15) is 0 Å². The van der Waals surface area contributed by atoms with Crippen molar-refractivity contribution in [2.24, 2.45) is 0 Å². The van der Waals surface area contributed by atoms with E-state index in [2.05, 4.69) is 114 Å². The van der Waals surface area contributed by atoms with Gasteiger partial charge >= 0.3 is 0 Å². The standard InChI is InChI=1S/C51H30N4O2/c1-2-13-31(14-3-1)49-52-50(54-51(53-49)39-22-12-26-46-48(39)38-21-6-9-25-45(38)56-46)34-17-10-15-32(27-34)33-16-11-18-35(28-33)55-42-23-7-4-19-36(42)40-30-47-41(29-43(40)55)37-20-5-8-24-44(37)57-47/h1-30H. The van der Waals surface area contributed by atoms with E-state index in [0.717, 1.165) is 93.8 Å². The summed E-state index contributed by atoms with van der Waals surface area (Å²) in [6.45, 7) is 0. The van der Waals surface area contributed by atoms with Crippen LogP contribution in [-0.4, -0.2) is 19.5 Å². The van der Waals surface area contributed by atoms with E-state index in [4.69, 9.17) is 23.8 Å². The molecule has 4 heterocycles. The molecule has 0 spiro atoms. The number of hydrogen-bond acceptors (Lipinski definition) is 5. The quantitative estimate of drug-likeness (QED) is 0.176. The second-order valence-electron chi connectivity index (χ2n) is 14.4.